The summed E-state index contributed by atoms with van der Waals surface area (Å²) in [5, 5.41) is 2.36. The van der Waals surface area contributed by atoms with Crippen LogP contribution in [-0.2, 0) is 19.1 Å². The van der Waals surface area contributed by atoms with Gasteiger partial charge in [0.2, 0.25) is 5.91 Å². The van der Waals surface area contributed by atoms with E-state index in [0.29, 0.717) is 11.4 Å². The summed E-state index contributed by atoms with van der Waals surface area (Å²) in [6.45, 7) is -0.125. The van der Waals surface area contributed by atoms with E-state index in [2.05, 4.69) is 5.32 Å². The molecule has 0 aromatic heterocycles. The maximum Gasteiger partial charge on any atom is 0.311 e. The maximum atomic E-state index is 12.1. The molecule has 1 heterocycles. The highest BCUT2D eigenvalue weighted by Gasteiger charge is 2.37. The Morgan fingerprint density at radius 2 is 2.09 bits per heavy atom. The number of carbonyl (C=O) groups excluding carboxylic acids is 3. The number of carbonyl (C=O) groups is 3. The monoisotopic (exact) mass is 306 g/mol. The number of hydrogen-bond donors (Lipinski definition) is 1. The van der Waals surface area contributed by atoms with Gasteiger partial charge in [-0.25, -0.2) is 0 Å². The topological polar surface area (TPSA) is 84.9 Å². The van der Waals surface area contributed by atoms with E-state index in [1.165, 1.54) is 19.1 Å². The molecule has 7 nitrogen and oxygen atoms in total. The van der Waals surface area contributed by atoms with Crippen molar-refractivity contribution in [2.24, 2.45) is 5.92 Å². The van der Waals surface area contributed by atoms with Crippen LogP contribution < -0.4 is 15.0 Å². The quantitative estimate of drug-likeness (QED) is 0.793. The minimum Gasteiger partial charge on any atom is -0.495 e. The Labute approximate surface area is 128 Å². The van der Waals surface area contributed by atoms with Gasteiger partial charge in [-0.2, -0.15) is 0 Å². The van der Waals surface area contributed by atoms with Gasteiger partial charge in [0, 0.05) is 20.0 Å². The van der Waals surface area contributed by atoms with E-state index in [1.54, 1.807) is 24.3 Å². The van der Waals surface area contributed by atoms with Gasteiger partial charge >= 0.3 is 5.97 Å². The predicted molar refractivity (Wildman–Crippen MR) is 78.5 cm³/mol. The van der Waals surface area contributed by atoms with Crippen molar-refractivity contribution in [3.05, 3.63) is 24.3 Å². The van der Waals surface area contributed by atoms with E-state index >= 15 is 0 Å². The molecule has 0 bridgehead atoms. The first-order valence-electron chi connectivity index (χ1n) is 6.87. The van der Waals surface area contributed by atoms with Crippen LogP contribution in [-0.4, -0.2) is 45.1 Å². The van der Waals surface area contributed by atoms with Gasteiger partial charge in [-0.1, -0.05) is 12.1 Å². The molecule has 2 amide bonds. The number of benzene rings is 1. The number of ether oxygens (including phenoxy) is 2. The normalized spacial score (nSPS) is 17.3. The number of likely N-dealkylation sites (N-methyl/N-ethyl adjacent to an activating group) is 1. The van der Waals surface area contributed by atoms with E-state index in [-0.39, 0.29) is 31.4 Å². The van der Waals surface area contributed by atoms with Crippen molar-refractivity contribution in [2.75, 3.05) is 32.2 Å². The first-order chi connectivity index (χ1) is 10.6. The Hall–Kier alpha value is -2.57. The number of anilines is 1. The van der Waals surface area contributed by atoms with Crippen LogP contribution in [0.2, 0.25) is 0 Å². The summed E-state index contributed by atoms with van der Waals surface area (Å²) in [6, 6.07) is 7.11. The molecular formula is C15H18N2O5. The summed E-state index contributed by atoms with van der Waals surface area (Å²) >= 11 is 0. The third-order valence-electron chi connectivity index (χ3n) is 3.46. The van der Waals surface area contributed by atoms with Crippen LogP contribution in [0.1, 0.15) is 6.42 Å². The molecule has 0 radical (unpaired) electrons. The summed E-state index contributed by atoms with van der Waals surface area (Å²) in [5.41, 5.74) is 0.622. The minimum absolute atomic E-state index is 0.0601. The molecule has 1 N–H and O–H groups in total. The Morgan fingerprint density at radius 3 is 2.77 bits per heavy atom. The van der Waals surface area contributed by atoms with Crippen LogP contribution in [0.15, 0.2) is 24.3 Å². The SMILES string of the molecule is CNC(=O)COC(=O)[C@@H]1CC(=O)N(c2ccccc2OC)C1. The van der Waals surface area contributed by atoms with E-state index in [0.717, 1.165) is 0 Å². The van der Waals surface area contributed by atoms with Crippen molar-refractivity contribution in [1.82, 2.24) is 5.32 Å². The average molecular weight is 306 g/mol. The number of nitrogens with zero attached hydrogens (tertiary/aromatic N) is 1. The second kappa shape index (κ2) is 6.93. The number of rotatable bonds is 5. The lowest BCUT2D eigenvalue weighted by Gasteiger charge is -2.19. The molecule has 0 aliphatic carbocycles. The van der Waals surface area contributed by atoms with Crippen LogP contribution in [0.3, 0.4) is 0 Å². The molecule has 0 saturated carbocycles. The van der Waals surface area contributed by atoms with Crippen molar-refractivity contribution < 1.29 is 23.9 Å². The summed E-state index contributed by atoms with van der Waals surface area (Å²) in [5.74, 6) is -1.13. The molecule has 1 aliphatic rings. The largest absolute Gasteiger partial charge is 0.495 e. The Morgan fingerprint density at radius 1 is 1.36 bits per heavy atom. The molecule has 1 aliphatic heterocycles. The highest BCUT2D eigenvalue weighted by Crippen LogP contribution is 2.32. The molecule has 2 rings (SSSR count). The zero-order chi connectivity index (χ0) is 16.1. The zero-order valence-corrected chi connectivity index (χ0v) is 12.5. The molecule has 1 fully saturated rings. The third kappa shape index (κ3) is 3.36. The van der Waals surface area contributed by atoms with Crippen molar-refractivity contribution in [2.45, 2.75) is 6.42 Å². The second-order valence-electron chi connectivity index (χ2n) is 4.86. The molecule has 1 aromatic rings. The fourth-order valence-corrected chi connectivity index (χ4v) is 2.28. The third-order valence-corrected chi connectivity index (χ3v) is 3.46. The second-order valence-corrected chi connectivity index (χ2v) is 4.86. The summed E-state index contributed by atoms with van der Waals surface area (Å²) in [7, 11) is 2.98. The number of hydrogen-bond acceptors (Lipinski definition) is 5. The summed E-state index contributed by atoms with van der Waals surface area (Å²) in [6.07, 6.45) is 0.0601. The fourth-order valence-electron chi connectivity index (χ4n) is 2.28. The lowest BCUT2D eigenvalue weighted by atomic mass is 10.1. The lowest BCUT2D eigenvalue weighted by molar-refractivity contribution is -0.152. The van der Waals surface area contributed by atoms with Crippen molar-refractivity contribution in [3.8, 4) is 5.75 Å². The number of amides is 2. The average Bonchev–Trinajstić information content (AvgIpc) is 2.93. The molecule has 22 heavy (non-hydrogen) atoms. The van der Waals surface area contributed by atoms with Crippen LogP contribution in [0.25, 0.3) is 0 Å². The standard InChI is InChI=1S/C15H18N2O5/c1-16-13(18)9-22-15(20)10-7-14(19)17(8-10)11-5-3-4-6-12(11)21-2/h3-6,10H,7-9H2,1-2H3,(H,16,18)/t10-/m1/s1. The highest BCUT2D eigenvalue weighted by molar-refractivity contribution is 6.00. The summed E-state index contributed by atoms with van der Waals surface area (Å²) in [4.78, 5) is 36.7. The number of para-hydroxylation sites is 2. The molecule has 1 saturated heterocycles. The maximum absolute atomic E-state index is 12.1. The van der Waals surface area contributed by atoms with Crippen molar-refractivity contribution in [3.63, 3.8) is 0 Å². The van der Waals surface area contributed by atoms with Crippen LogP contribution >= 0.6 is 0 Å². The van der Waals surface area contributed by atoms with E-state index in [9.17, 15) is 14.4 Å². The first kappa shape index (κ1) is 15.8. The Balaban J connectivity index is 2.04. The van der Waals surface area contributed by atoms with Gasteiger partial charge in [0.05, 0.1) is 18.7 Å². The molecule has 118 valence electrons. The summed E-state index contributed by atoms with van der Waals surface area (Å²) < 4.78 is 10.1. The Bertz CT molecular complexity index is 587. The van der Waals surface area contributed by atoms with E-state index in [1.807, 2.05) is 0 Å². The lowest BCUT2D eigenvalue weighted by Crippen LogP contribution is -2.29. The number of methoxy groups -OCH3 is 1. The zero-order valence-electron chi connectivity index (χ0n) is 12.5. The fraction of sp³-hybridized carbons (Fsp3) is 0.400. The molecule has 0 spiro atoms. The Kier molecular flexibility index (Phi) is 4.98. The van der Waals surface area contributed by atoms with E-state index < -0.39 is 11.9 Å². The first-order valence-corrected chi connectivity index (χ1v) is 6.87. The van der Waals surface area contributed by atoms with Gasteiger partial charge in [0.25, 0.3) is 5.91 Å². The van der Waals surface area contributed by atoms with Gasteiger partial charge in [-0.3, -0.25) is 14.4 Å². The van der Waals surface area contributed by atoms with Gasteiger partial charge in [-0.05, 0) is 12.1 Å². The van der Waals surface area contributed by atoms with E-state index in [4.69, 9.17) is 9.47 Å². The molecular weight excluding hydrogens is 288 g/mol. The predicted octanol–water partition coefficient (Wildman–Crippen LogP) is 0.337. The number of esters is 1. The van der Waals surface area contributed by atoms with Gasteiger partial charge in [0.1, 0.15) is 5.75 Å². The highest BCUT2D eigenvalue weighted by atomic mass is 16.5. The molecule has 1 atom stereocenters. The smallest absolute Gasteiger partial charge is 0.311 e. The van der Waals surface area contributed by atoms with Crippen molar-refractivity contribution in [1.29, 1.82) is 0 Å². The molecule has 7 heteroatoms. The van der Waals surface area contributed by atoms with Crippen LogP contribution in [0.4, 0.5) is 5.69 Å². The van der Waals surface area contributed by atoms with Gasteiger partial charge < -0.3 is 19.7 Å². The van der Waals surface area contributed by atoms with Crippen LogP contribution in [0, 0.1) is 5.92 Å². The minimum atomic E-state index is -0.581. The molecule has 0 unspecified atom stereocenters. The van der Waals surface area contributed by atoms with Crippen molar-refractivity contribution >= 4 is 23.5 Å². The van der Waals surface area contributed by atoms with Crippen LogP contribution in [0.5, 0.6) is 5.75 Å². The molecule has 1 aromatic carbocycles. The number of nitrogens with one attached hydrogen (secondary N) is 1. The van der Waals surface area contributed by atoms with Gasteiger partial charge in [0.15, 0.2) is 6.61 Å². The van der Waals surface area contributed by atoms with Gasteiger partial charge in [-0.15, -0.1) is 0 Å².